The number of pyridine rings is 1. The Morgan fingerprint density at radius 1 is 1.60 bits per heavy atom. The smallest absolute Gasteiger partial charge is 0.202 e. The Bertz CT molecular complexity index is 482. The maximum Gasteiger partial charge on any atom is 0.202 e. The minimum Gasteiger partial charge on any atom is -0.369 e. The summed E-state index contributed by atoms with van der Waals surface area (Å²) in [6, 6.07) is 1.92. The van der Waals surface area contributed by atoms with Crippen LogP contribution in [-0.2, 0) is 6.54 Å². The van der Waals surface area contributed by atoms with Crippen LogP contribution in [0.2, 0.25) is 0 Å². The Hall–Kier alpha value is -0.750. The summed E-state index contributed by atoms with van der Waals surface area (Å²) >= 11 is 5.14. The lowest BCUT2D eigenvalue weighted by Gasteiger charge is -2.03. The second kappa shape index (κ2) is 4.40. The normalized spacial score (nSPS) is 11.1. The van der Waals surface area contributed by atoms with Crippen molar-refractivity contribution in [3.05, 3.63) is 16.7 Å². The first-order valence-corrected chi connectivity index (χ1v) is 6.67. The zero-order valence-corrected chi connectivity index (χ0v) is 10.7. The molecule has 2 rings (SSSR count). The fraction of sp³-hybridized carbons (Fsp3) is 0.333. The fourth-order valence-corrected chi connectivity index (χ4v) is 2.09. The standard InChI is InChI=1S/C9H11BrN4S/c1-15-3-2-14-8-7(13-9(14)11)4-6(10)5-12-8/h4-5H,2-3H2,1H3,(H2,11,13). The molecule has 2 aromatic rings. The highest BCUT2D eigenvalue weighted by Gasteiger charge is 2.08. The molecule has 0 amide bonds. The van der Waals surface area contributed by atoms with Crippen LogP contribution < -0.4 is 5.73 Å². The number of hydrogen-bond acceptors (Lipinski definition) is 4. The molecule has 2 aromatic heterocycles. The van der Waals surface area contributed by atoms with Crippen LogP contribution >= 0.6 is 27.7 Å². The van der Waals surface area contributed by atoms with Gasteiger partial charge >= 0.3 is 0 Å². The fourth-order valence-electron chi connectivity index (χ4n) is 1.41. The predicted octanol–water partition coefficient (Wildman–Crippen LogP) is 2.14. The van der Waals surface area contributed by atoms with Gasteiger partial charge in [-0.3, -0.25) is 4.57 Å². The average molecular weight is 287 g/mol. The molecule has 0 radical (unpaired) electrons. The molecule has 0 spiro atoms. The number of nitrogen functional groups attached to an aromatic ring is 1. The molecule has 0 aromatic carbocycles. The molecule has 0 saturated heterocycles. The number of rotatable bonds is 3. The maximum atomic E-state index is 5.83. The SMILES string of the molecule is CSCCn1c(N)nc2cc(Br)cnc21. The predicted molar refractivity (Wildman–Crippen MR) is 68.0 cm³/mol. The Morgan fingerprint density at radius 3 is 3.13 bits per heavy atom. The summed E-state index contributed by atoms with van der Waals surface area (Å²) in [4.78, 5) is 8.58. The van der Waals surface area contributed by atoms with Gasteiger partial charge in [-0.05, 0) is 28.3 Å². The highest BCUT2D eigenvalue weighted by molar-refractivity contribution is 9.10. The van der Waals surface area contributed by atoms with Crippen molar-refractivity contribution in [2.45, 2.75) is 6.54 Å². The molecular weight excluding hydrogens is 276 g/mol. The molecule has 2 N–H and O–H groups in total. The van der Waals surface area contributed by atoms with Crippen molar-refractivity contribution in [3.8, 4) is 0 Å². The molecule has 0 aliphatic heterocycles. The van der Waals surface area contributed by atoms with Gasteiger partial charge in [0.05, 0.1) is 0 Å². The summed E-state index contributed by atoms with van der Waals surface area (Å²) in [6.45, 7) is 0.845. The topological polar surface area (TPSA) is 56.7 Å². The van der Waals surface area contributed by atoms with E-state index in [1.807, 2.05) is 10.6 Å². The molecule has 2 heterocycles. The van der Waals surface area contributed by atoms with E-state index >= 15 is 0 Å². The minimum atomic E-state index is 0.532. The summed E-state index contributed by atoms with van der Waals surface area (Å²) < 4.78 is 2.86. The van der Waals surface area contributed by atoms with E-state index in [0.717, 1.165) is 27.9 Å². The minimum absolute atomic E-state index is 0.532. The van der Waals surface area contributed by atoms with E-state index in [-0.39, 0.29) is 0 Å². The molecule has 15 heavy (non-hydrogen) atoms. The van der Waals surface area contributed by atoms with Gasteiger partial charge in [0.15, 0.2) is 5.65 Å². The molecule has 4 nitrogen and oxygen atoms in total. The van der Waals surface area contributed by atoms with Crippen LogP contribution in [0.25, 0.3) is 11.2 Å². The summed E-state index contributed by atoms with van der Waals surface area (Å²) in [5.41, 5.74) is 7.52. The highest BCUT2D eigenvalue weighted by Crippen LogP contribution is 2.19. The van der Waals surface area contributed by atoms with Crippen LogP contribution in [0.5, 0.6) is 0 Å². The van der Waals surface area contributed by atoms with Gasteiger partial charge < -0.3 is 5.73 Å². The molecule has 0 aliphatic rings. The van der Waals surface area contributed by atoms with E-state index in [9.17, 15) is 0 Å². The number of thioether (sulfide) groups is 1. The monoisotopic (exact) mass is 286 g/mol. The third-order valence-electron chi connectivity index (χ3n) is 2.10. The number of fused-ring (bicyclic) bond motifs is 1. The van der Waals surface area contributed by atoms with Crippen LogP contribution in [0, 0.1) is 0 Å². The number of imidazole rings is 1. The van der Waals surface area contributed by atoms with Crippen molar-refractivity contribution in [2.75, 3.05) is 17.7 Å². The van der Waals surface area contributed by atoms with Gasteiger partial charge in [0.1, 0.15) is 5.52 Å². The largest absolute Gasteiger partial charge is 0.369 e. The highest BCUT2D eigenvalue weighted by atomic mass is 79.9. The maximum absolute atomic E-state index is 5.83. The van der Waals surface area contributed by atoms with E-state index in [4.69, 9.17) is 5.73 Å². The summed E-state index contributed by atoms with van der Waals surface area (Å²) in [5, 5.41) is 0. The first-order chi connectivity index (χ1) is 7.22. The van der Waals surface area contributed by atoms with E-state index in [2.05, 4.69) is 32.2 Å². The number of anilines is 1. The van der Waals surface area contributed by atoms with Crippen molar-refractivity contribution < 1.29 is 0 Å². The lowest BCUT2D eigenvalue weighted by Crippen LogP contribution is -2.05. The summed E-state index contributed by atoms with van der Waals surface area (Å²) in [6.07, 6.45) is 3.83. The molecule has 0 unspecified atom stereocenters. The van der Waals surface area contributed by atoms with Gasteiger partial charge in [0.25, 0.3) is 0 Å². The van der Waals surface area contributed by atoms with Crippen molar-refractivity contribution in [1.82, 2.24) is 14.5 Å². The molecule has 0 atom stereocenters. The van der Waals surface area contributed by atoms with Crippen molar-refractivity contribution in [2.24, 2.45) is 0 Å². The number of halogens is 1. The Kier molecular flexibility index (Phi) is 3.16. The average Bonchev–Trinajstić information content (AvgIpc) is 2.50. The summed E-state index contributed by atoms with van der Waals surface area (Å²) in [5.74, 6) is 1.54. The van der Waals surface area contributed by atoms with E-state index in [0.29, 0.717) is 5.95 Å². The van der Waals surface area contributed by atoms with Crippen LogP contribution in [0.15, 0.2) is 16.7 Å². The van der Waals surface area contributed by atoms with E-state index < -0.39 is 0 Å². The van der Waals surface area contributed by atoms with Gasteiger partial charge in [-0.25, -0.2) is 9.97 Å². The van der Waals surface area contributed by atoms with Crippen LogP contribution in [0.3, 0.4) is 0 Å². The number of nitrogens with zero attached hydrogens (tertiary/aromatic N) is 3. The molecular formula is C9H11BrN4S. The van der Waals surface area contributed by atoms with E-state index in [1.165, 1.54) is 0 Å². The zero-order chi connectivity index (χ0) is 10.8. The van der Waals surface area contributed by atoms with Gasteiger partial charge in [-0.2, -0.15) is 11.8 Å². The number of nitrogens with two attached hydrogens (primary N) is 1. The van der Waals surface area contributed by atoms with Crippen molar-refractivity contribution in [1.29, 1.82) is 0 Å². The van der Waals surface area contributed by atoms with Gasteiger partial charge in [-0.1, -0.05) is 0 Å². The Labute approximate surface area is 100 Å². The van der Waals surface area contributed by atoms with Crippen LogP contribution in [0.1, 0.15) is 0 Å². The molecule has 80 valence electrons. The molecule has 6 heteroatoms. The Balaban J connectivity index is 2.48. The molecule has 0 aliphatic carbocycles. The van der Waals surface area contributed by atoms with Crippen LogP contribution in [0.4, 0.5) is 5.95 Å². The van der Waals surface area contributed by atoms with Crippen LogP contribution in [-0.4, -0.2) is 26.5 Å². The first-order valence-electron chi connectivity index (χ1n) is 4.48. The van der Waals surface area contributed by atoms with Crippen molar-refractivity contribution >= 4 is 44.8 Å². The lowest BCUT2D eigenvalue weighted by molar-refractivity contribution is 0.800. The van der Waals surface area contributed by atoms with E-state index in [1.54, 1.807) is 18.0 Å². The molecule has 0 bridgehead atoms. The van der Waals surface area contributed by atoms with Crippen molar-refractivity contribution in [3.63, 3.8) is 0 Å². The number of hydrogen-bond donors (Lipinski definition) is 1. The second-order valence-electron chi connectivity index (χ2n) is 3.11. The third-order valence-corrected chi connectivity index (χ3v) is 3.12. The number of aryl methyl sites for hydroxylation is 1. The number of aromatic nitrogens is 3. The molecule has 0 fully saturated rings. The van der Waals surface area contributed by atoms with Gasteiger partial charge in [-0.15, -0.1) is 0 Å². The zero-order valence-electron chi connectivity index (χ0n) is 8.27. The third kappa shape index (κ3) is 2.10. The summed E-state index contributed by atoms with van der Waals surface area (Å²) in [7, 11) is 0. The lowest BCUT2D eigenvalue weighted by atomic mass is 10.4. The second-order valence-corrected chi connectivity index (χ2v) is 5.01. The molecule has 0 saturated carbocycles. The Morgan fingerprint density at radius 2 is 2.40 bits per heavy atom. The van der Waals surface area contributed by atoms with Gasteiger partial charge in [0, 0.05) is 23.0 Å². The quantitative estimate of drug-likeness (QED) is 0.939. The first kappa shape index (κ1) is 10.8. The van der Waals surface area contributed by atoms with Gasteiger partial charge in [0.2, 0.25) is 5.95 Å².